The quantitative estimate of drug-likeness (QED) is 0.631. The van der Waals surface area contributed by atoms with E-state index in [1.165, 1.54) is 77.8 Å². The molecule has 0 aromatic heterocycles. The van der Waals surface area contributed by atoms with Gasteiger partial charge in [-0.2, -0.15) is 0 Å². The molecule has 3 heteroatoms. The van der Waals surface area contributed by atoms with Crippen molar-refractivity contribution in [1.82, 2.24) is 14.7 Å². The Balaban J connectivity index is 1.09. The minimum absolute atomic E-state index is 0.348. The Morgan fingerprint density at radius 3 is 1.43 bits per heavy atom. The monoisotopic (exact) mass is 415 g/mol. The second kappa shape index (κ2) is 7.73. The molecule has 5 rings (SSSR count). The molecule has 30 heavy (non-hydrogen) atoms. The van der Waals surface area contributed by atoms with Crippen LogP contribution in [0, 0.1) is 35.0 Å². The first-order valence-electron chi connectivity index (χ1n) is 13.3. The van der Waals surface area contributed by atoms with Gasteiger partial charge in [0.05, 0.1) is 0 Å². The highest BCUT2D eigenvalue weighted by Crippen LogP contribution is 2.50. The third-order valence-corrected chi connectivity index (χ3v) is 10.2. The van der Waals surface area contributed by atoms with Gasteiger partial charge in [0.1, 0.15) is 0 Å². The molecule has 0 spiro atoms. The van der Waals surface area contributed by atoms with E-state index in [4.69, 9.17) is 0 Å². The van der Waals surface area contributed by atoms with Crippen molar-refractivity contribution in [2.45, 2.75) is 97.7 Å². The standard InChI is InChI=1S/C27H49N3/c1-26(2,3)23-11-19-15-29(16-20(19)12-23)25-13-21-17-28(18-22(21)14-25)24-7-9-30(10-8-24)27(4,5)6/h19-25H,7-18H2,1-6H3. The van der Waals surface area contributed by atoms with E-state index in [2.05, 4.69) is 56.2 Å². The lowest BCUT2D eigenvalue weighted by Crippen LogP contribution is -2.50. The molecule has 3 saturated heterocycles. The lowest BCUT2D eigenvalue weighted by Gasteiger charge is -2.43. The van der Waals surface area contributed by atoms with E-state index in [-0.39, 0.29) is 0 Å². The van der Waals surface area contributed by atoms with Crippen LogP contribution in [-0.4, -0.2) is 71.6 Å². The van der Waals surface area contributed by atoms with Crippen LogP contribution in [0.4, 0.5) is 0 Å². The fraction of sp³-hybridized carbons (Fsp3) is 1.00. The predicted octanol–water partition coefficient (Wildman–Crippen LogP) is 4.96. The highest BCUT2D eigenvalue weighted by atomic mass is 15.3. The summed E-state index contributed by atoms with van der Waals surface area (Å²) in [4.78, 5) is 8.57. The minimum atomic E-state index is 0.348. The van der Waals surface area contributed by atoms with Gasteiger partial charge in [-0.25, -0.2) is 0 Å². The normalized spacial score (nSPS) is 42.2. The van der Waals surface area contributed by atoms with E-state index in [1.807, 2.05) is 0 Å². The zero-order valence-corrected chi connectivity index (χ0v) is 20.9. The maximum absolute atomic E-state index is 2.96. The molecule has 2 aliphatic carbocycles. The summed E-state index contributed by atoms with van der Waals surface area (Å²) in [5, 5.41) is 0. The van der Waals surface area contributed by atoms with Gasteiger partial charge in [-0.3, -0.25) is 14.7 Å². The summed E-state index contributed by atoms with van der Waals surface area (Å²) in [6.45, 7) is 22.8. The summed E-state index contributed by atoms with van der Waals surface area (Å²) in [7, 11) is 0. The van der Waals surface area contributed by atoms with Gasteiger partial charge in [0.15, 0.2) is 0 Å². The van der Waals surface area contributed by atoms with E-state index in [9.17, 15) is 0 Å². The van der Waals surface area contributed by atoms with E-state index in [1.54, 1.807) is 0 Å². The minimum Gasteiger partial charge on any atom is -0.300 e. The molecule has 5 aliphatic rings. The lowest BCUT2D eigenvalue weighted by molar-refractivity contribution is 0.0607. The number of hydrogen-bond donors (Lipinski definition) is 0. The molecule has 4 atom stereocenters. The van der Waals surface area contributed by atoms with Gasteiger partial charge in [-0.1, -0.05) is 20.8 Å². The summed E-state index contributed by atoms with van der Waals surface area (Å²) < 4.78 is 0. The van der Waals surface area contributed by atoms with Gasteiger partial charge >= 0.3 is 0 Å². The van der Waals surface area contributed by atoms with Gasteiger partial charge in [0, 0.05) is 56.9 Å². The largest absolute Gasteiger partial charge is 0.300 e. The maximum Gasteiger partial charge on any atom is 0.0125 e. The second-order valence-corrected chi connectivity index (χ2v) is 14.0. The van der Waals surface area contributed by atoms with Crippen molar-refractivity contribution in [3.05, 3.63) is 0 Å². The SMILES string of the molecule is CC(C)(C)C1CC2CN(C3CC4CN(C5CCN(C(C)(C)C)CC5)CC4C3)CC2C1. The third-order valence-electron chi connectivity index (χ3n) is 10.2. The van der Waals surface area contributed by atoms with Crippen molar-refractivity contribution in [3.8, 4) is 0 Å². The van der Waals surface area contributed by atoms with Crippen molar-refractivity contribution >= 4 is 0 Å². The molecule has 0 aromatic carbocycles. The summed E-state index contributed by atoms with van der Waals surface area (Å²) in [6, 6.07) is 1.79. The van der Waals surface area contributed by atoms with Crippen LogP contribution in [-0.2, 0) is 0 Å². The molecule has 0 N–H and O–H groups in total. The molecule has 0 amide bonds. The fourth-order valence-corrected chi connectivity index (χ4v) is 8.14. The van der Waals surface area contributed by atoms with Crippen LogP contribution in [0.15, 0.2) is 0 Å². The Morgan fingerprint density at radius 2 is 1.00 bits per heavy atom. The molecule has 172 valence electrons. The number of fused-ring (bicyclic) bond motifs is 2. The predicted molar refractivity (Wildman–Crippen MR) is 127 cm³/mol. The topological polar surface area (TPSA) is 9.72 Å². The molecule has 3 aliphatic heterocycles. The maximum atomic E-state index is 2.96. The number of rotatable bonds is 2. The molecule has 5 fully saturated rings. The first-order chi connectivity index (χ1) is 14.1. The van der Waals surface area contributed by atoms with Crippen LogP contribution >= 0.6 is 0 Å². The summed E-state index contributed by atoms with van der Waals surface area (Å²) in [5.41, 5.74) is 0.868. The number of piperidine rings is 1. The van der Waals surface area contributed by atoms with Crippen molar-refractivity contribution in [2.75, 3.05) is 39.3 Å². The average molecular weight is 416 g/mol. The Morgan fingerprint density at radius 1 is 0.567 bits per heavy atom. The van der Waals surface area contributed by atoms with E-state index in [0.29, 0.717) is 11.0 Å². The van der Waals surface area contributed by atoms with Crippen molar-refractivity contribution in [3.63, 3.8) is 0 Å². The Labute approximate surface area is 186 Å². The number of hydrogen-bond acceptors (Lipinski definition) is 3. The van der Waals surface area contributed by atoms with Gasteiger partial charge in [-0.05, 0) is 94.3 Å². The summed E-state index contributed by atoms with van der Waals surface area (Å²) in [5.74, 6) is 4.99. The Kier molecular flexibility index (Phi) is 5.60. The highest BCUT2D eigenvalue weighted by Gasteiger charge is 2.49. The Bertz CT molecular complexity index is 581. The van der Waals surface area contributed by atoms with Crippen molar-refractivity contribution in [2.24, 2.45) is 35.0 Å². The molecular formula is C27H49N3. The van der Waals surface area contributed by atoms with E-state index in [0.717, 1.165) is 41.7 Å². The van der Waals surface area contributed by atoms with Gasteiger partial charge in [-0.15, -0.1) is 0 Å². The highest BCUT2D eigenvalue weighted by molar-refractivity contribution is 5.02. The second-order valence-electron chi connectivity index (χ2n) is 14.0. The van der Waals surface area contributed by atoms with Crippen LogP contribution < -0.4 is 0 Å². The van der Waals surface area contributed by atoms with Gasteiger partial charge in [0.2, 0.25) is 0 Å². The molecule has 0 bridgehead atoms. The van der Waals surface area contributed by atoms with Gasteiger partial charge < -0.3 is 0 Å². The number of likely N-dealkylation sites (tertiary alicyclic amines) is 3. The number of nitrogens with zero attached hydrogens (tertiary/aromatic N) is 3. The summed E-state index contributed by atoms with van der Waals surface area (Å²) in [6.07, 6.45) is 8.81. The van der Waals surface area contributed by atoms with E-state index < -0.39 is 0 Å². The molecule has 3 heterocycles. The molecular weight excluding hydrogens is 366 g/mol. The summed E-state index contributed by atoms with van der Waals surface area (Å²) >= 11 is 0. The Hall–Kier alpha value is -0.120. The molecule has 0 radical (unpaired) electrons. The van der Waals surface area contributed by atoms with E-state index >= 15 is 0 Å². The molecule has 4 unspecified atom stereocenters. The van der Waals surface area contributed by atoms with Crippen LogP contribution in [0.1, 0.15) is 80.1 Å². The molecule has 2 saturated carbocycles. The van der Waals surface area contributed by atoms with Crippen molar-refractivity contribution in [1.29, 1.82) is 0 Å². The van der Waals surface area contributed by atoms with Crippen molar-refractivity contribution < 1.29 is 0 Å². The first kappa shape index (κ1) is 21.7. The smallest absolute Gasteiger partial charge is 0.0125 e. The molecule has 3 nitrogen and oxygen atoms in total. The third kappa shape index (κ3) is 4.13. The van der Waals surface area contributed by atoms with Crippen LogP contribution in [0.2, 0.25) is 0 Å². The zero-order chi connectivity index (χ0) is 21.3. The van der Waals surface area contributed by atoms with Crippen LogP contribution in [0.5, 0.6) is 0 Å². The fourth-order valence-electron chi connectivity index (χ4n) is 8.14. The van der Waals surface area contributed by atoms with Crippen LogP contribution in [0.3, 0.4) is 0 Å². The molecule has 0 aromatic rings. The first-order valence-corrected chi connectivity index (χ1v) is 13.3. The average Bonchev–Trinajstić information content (AvgIpc) is 3.37. The lowest BCUT2D eigenvalue weighted by atomic mass is 9.79. The van der Waals surface area contributed by atoms with Gasteiger partial charge in [0.25, 0.3) is 0 Å². The zero-order valence-electron chi connectivity index (χ0n) is 20.9. The van der Waals surface area contributed by atoms with Crippen LogP contribution in [0.25, 0.3) is 0 Å².